The number of aryl methyl sites for hydroxylation is 1. The average molecular weight is 303 g/mol. The zero-order valence-electron chi connectivity index (χ0n) is 12.7. The monoisotopic (exact) mass is 303 g/mol. The Morgan fingerprint density at radius 3 is 2.96 bits per heavy atom. The van der Waals surface area contributed by atoms with E-state index in [2.05, 4.69) is 38.8 Å². The normalized spacial score (nSPS) is 21.6. The number of hydrogen-bond acceptors (Lipinski definition) is 3. The van der Waals surface area contributed by atoms with Crippen molar-refractivity contribution >= 4 is 0 Å². The van der Waals surface area contributed by atoms with Crippen LogP contribution in [0, 0.1) is 0 Å². The third kappa shape index (κ3) is 1.82. The number of hydrogen-bond donors (Lipinski definition) is 1. The fourth-order valence-electron chi connectivity index (χ4n) is 4.04. The Morgan fingerprint density at radius 1 is 1.09 bits per heavy atom. The largest absolute Gasteiger partial charge is 0.388 e. The van der Waals surface area contributed by atoms with Gasteiger partial charge in [0.1, 0.15) is 0 Å². The Bertz CT molecular complexity index is 899. The Morgan fingerprint density at radius 2 is 2.00 bits per heavy atom. The second kappa shape index (κ2) is 4.77. The molecule has 1 aliphatic carbocycles. The maximum absolute atomic E-state index is 10.9. The van der Waals surface area contributed by atoms with Gasteiger partial charge in [-0.05, 0) is 24.5 Å². The van der Waals surface area contributed by atoms with Crippen molar-refractivity contribution in [3.8, 4) is 11.3 Å². The summed E-state index contributed by atoms with van der Waals surface area (Å²) in [6, 6.07) is 12.4. The molecule has 0 saturated carbocycles. The molecule has 23 heavy (non-hydrogen) atoms. The smallest absolute Gasteiger partial charge is 0.0957 e. The third-order valence-electron chi connectivity index (χ3n) is 5.15. The van der Waals surface area contributed by atoms with Crippen molar-refractivity contribution in [2.75, 3.05) is 0 Å². The number of aromatic nitrogens is 3. The highest BCUT2D eigenvalue weighted by molar-refractivity contribution is 5.71. The molecule has 4 nitrogen and oxygen atoms in total. The Balaban J connectivity index is 1.61. The molecule has 0 fully saturated rings. The van der Waals surface area contributed by atoms with Gasteiger partial charge in [0.15, 0.2) is 0 Å². The molecular weight excluding hydrogens is 286 g/mol. The molecule has 2 atom stereocenters. The summed E-state index contributed by atoms with van der Waals surface area (Å²) in [4.78, 5) is 9.07. The van der Waals surface area contributed by atoms with Gasteiger partial charge in [-0.3, -0.25) is 4.98 Å². The van der Waals surface area contributed by atoms with Crippen LogP contribution >= 0.6 is 0 Å². The van der Waals surface area contributed by atoms with Crippen LogP contribution in [-0.2, 0) is 13.0 Å². The molecule has 0 amide bonds. The van der Waals surface area contributed by atoms with Crippen molar-refractivity contribution < 1.29 is 5.11 Å². The number of benzene rings is 1. The number of pyridine rings is 1. The van der Waals surface area contributed by atoms with Crippen LogP contribution in [0.3, 0.4) is 0 Å². The van der Waals surface area contributed by atoms with Crippen LogP contribution in [0.1, 0.15) is 41.0 Å². The summed E-state index contributed by atoms with van der Waals surface area (Å²) >= 11 is 0. The molecule has 1 N–H and O–H groups in total. The van der Waals surface area contributed by atoms with E-state index in [0.717, 1.165) is 36.3 Å². The number of rotatable bonds is 1. The van der Waals surface area contributed by atoms with Gasteiger partial charge in [0.05, 0.1) is 23.8 Å². The van der Waals surface area contributed by atoms with Crippen LogP contribution in [0.15, 0.2) is 48.9 Å². The summed E-state index contributed by atoms with van der Waals surface area (Å²) in [5, 5.41) is 10.9. The predicted octanol–water partition coefficient (Wildman–Crippen LogP) is 3.07. The van der Waals surface area contributed by atoms with Gasteiger partial charge in [-0.15, -0.1) is 0 Å². The van der Waals surface area contributed by atoms with E-state index in [9.17, 15) is 5.11 Å². The maximum atomic E-state index is 10.9. The third-order valence-corrected chi connectivity index (χ3v) is 5.15. The molecule has 3 heterocycles. The first-order valence-corrected chi connectivity index (χ1v) is 8.08. The lowest BCUT2D eigenvalue weighted by molar-refractivity contribution is 0.129. The second-order valence-electron chi connectivity index (χ2n) is 6.39. The SMILES string of the molecule is O[C@H]1c2cccnc2CC[C@H]1c1ncn2c1-c1ccccc1C2. The fraction of sp³-hybridized carbons (Fsp3) is 0.263. The lowest BCUT2D eigenvalue weighted by Crippen LogP contribution is -2.20. The van der Waals surface area contributed by atoms with Crippen molar-refractivity contribution in [1.82, 2.24) is 14.5 Å². The van der Waals surface area contributed by atoms with Crippen molar-refractivity contribution in [3.05, 3.63) is 71.4 Å². The molecule has 1 aromatic carbocycles. The van der Waals surface area contributed by atoms with Gasteiger partial charge in [-0.1, -0.05) is 30.3 Å². The molecule has 114 valence electrons. The maximum Gasteiger partial charge on any atom is 0.0957 e. The molecule has 5 rings (SSSR count). The van der Waals surface area contributed by atoms with E-state index in [4.69, 9.17) is 0 Å². The van der Waals surface area contributed by atoms with E-state index in [0.29, 0.717) is 0 Å². The minimum absolute atomic E-state index is 0.0362. The Hall–Kier alpha value is -2.46. The molecular formula is C19H17N3O. The molecule has 0 bridgehead atoms. The molecule has 0 unspecified atom stereocenters. The highest BCUT2D eigenvalue weighted by Gasteiger charge is 2.35. The van der Waals surface area contributed by atoms with Crippen LogP contribution in [0.25, 0.3) is 11.3 Å². The van der Waals surface area contributed by atoms with Gasteiger partial charge in [0, 0.05) is 35.5 Å². The van der Waals surface area contributed by atoms with E-state index in [1.807, 2.05) is 18.5 Å². The van der Waals surface area contributed by atoms with Crippen LogP contribution in [0.5, 0.6) is 0 Å². The predicted molar refractivity (Wildman–Crippen MR) is 87.0 cm³/mol. The lowest BCUT2D eigenvalue weighted by atomic mass is 9.81. The molecule has 0 saturated heterocycles. The Kier molecular flexibility index (Phi) is 2.70. The molecule has 0 radical (unpaired) electrons. The summed E-state index contributed by atoms with van der Waals surface area (Å²) in [6.07, 6.45) is 4.97. The molecule has 1 aliphatic heterocycles. The summed E-state index contributed by atoms with van der Waals surface area (Å²) in [7, 11) is 0. The number of aliphatic hydroxyl groups is 1. The van der Waals surface area contributed by atoms with Crippen LogP contribution in [-0.4, -0.2) is 19.6 Å². The first-order valence-electron chi connectivity index (χ1n) is 8.08. The van der Waals surface area contributed by atoms with E-state index in [1.54, 1.807) is 6.20 Å². The Labute approximate surface area is 134 Å². The van der Waals surface area contributed by atoms with Crippen molar-refractivity contribution in [3.63, 3.8) is 0 Å². The van der Waals surface area contributed by atoms with Gasteiger partial charge in [0.25, 0.3) is 0 Å². The zero-order valence-corrected chi connectivity index (χ0v) is 12.7. The standard InChI is InChI=1S/C19H17N3O/c23-19-14-6-3-9-20-16(14)8-7-15(19)17-18-13-5-2-1-4-12(13)10-22(18)11-21-17/h1-6,9,11,15,19,23H,7-8,10H2/t15-,19-/m0/s1. The molecule has 2 aromatic heterocycles. The van der Waals surface area contributed by atoms with Gasteiger partial charge >= 0.3 is 0 Å². The summed E-state index contributed by atoms with van der Waals surface area (Å²) in [5.41, 5.74) is 6.76. The summed E-state index contributed by atoms with van der Waals surface area (Å²) in [5.74, 6) is 0.0362. The van der Waals surface area contributed by atoms with Gasteiger partial charge in [-0.2, -0.15) is 0 Å². The summed E-state index contributed by atoms with van der Waals surface area (Å²) in [6.45, 7) is 0.874. The van der Waals surface area contributed by atoms with E-state index in [1.165, 1.54) is 16.8 Å². The summed E-state index contributed by atoms with van der Waals surface area (Å²) < 4.78 is 2.20. The van der Waals surface area contributed by atoms with Crippen LogP contribution in [0.4, 0.5) is 0 Å². The highest BCUT2D eigenvalue weighted by Crippen LogP contribution is 2.45. The van der Waals surface area contributed by atoms with E-state index >= 15 is 0 Å². The van der Waals surface area contributed by atoms with Crippen LogP contribution in [0.2, 0.25) is 0 Å². The highest BCUT2D eigenvalue weighted by atomic mass is 16.3. The van der Waals surface area contributed by atoms with Crippen molar-refractivity contribution in [2.24, 2.45) is 0 Å². The van der Waals surface area contributed by atoms with Gasteiger partial charge < -0.3 is 9.67 Å². The van der Waals surface area contributed by atoms with Crippen LogP contribution < -0.4 is 0 Å². The average Bonchev–Trinajstić information content (AvgIpc) is 3.15. The molecule has 4 heteroatoms. The number of nitrogens with zero attached hydrogens (tertiary/aromatic N) is 3. The fourth-order valence-corrected chi connectivity index (χ4v) is 4.04. The minimum Gasteiger partial charge on any atom is -0.388 e. The number of fused-ring (bicyclic) bond motifs is 4. The van der Waals surface area contributed by atoms with Crippen molar-refractivity contribution in [2.45, 2.75) is 31.4 Å². The second-order valence-corrected chi connectivity index (χ2v) is 6.39. The number of imidazole rings is 1. The van der Waals surface area contributed by atoms with E-state index in [-0.39, 0.29) is 5.92 Å². The quantitative estimate of drug-likeness (QED) is 0.588. The van der Waals surface area contributed by atoms with Gasteiger partial charge in [-0.25, -0.2) is 4.98 Å². The lowest BCUT2D eigenvalue weighted by Gasteiger charge is -2.28. The van der Waals surface area contributed by atoms with E-state index < -0.39 is 6.10 Å². The molecule has 3 aromatic rings. The van der Waals surface area contributed by atoms with Crippen molar-refractivity contribution in [1.29, 1.82) is 0 Å². The van der Waals surface area contributed by atoms with Gasteiger partial charge in [0.2, 0.25) is 0 Å². The number of aliphatic hydroxyl groups excluding tert-OH is 1. The first-order chi connectivity index (χ1) is 11.3. The topological polar surface area (TPSA) is 50.9 Å². The minimum atomic E-state index is -0.528. The molecule has 0 spiro atoms. The molecule has 2 aliphatic rings. The zero-order chi connectivity index (χ0) is 15.4. The first kappa shape index (κ1) is 13.0.